The number of hydrogen-bond donors (Lipinski definition) is 4. The number of carbonyl (C=O) groups is 4. The molecule has 0 saturated carbocycles. The first kappa shape index (κ1) is 48.1. The minimum Gasteiger partial charge on any atom is -0.492 e. The van der Waals surface area contributed by atoms with Gasteiger partial charge in [-0.15, -0.1) is 32.9 Å². The highest BCUT2D eigenvalue weighted by atomic mass is 35.5. The largest absolute Gasteiger partial charge is 0.492 e. The number of β-amino-alcohol motifs (C(OH)–C–C–N with tert-alkyl or cyclic N) is 1. The molecular weight excluding hydrogens is 929 g/mol. The predicted octanol–water partition coefficient (Wildman–Crippen LogP) is 6.84. The number of carbonyl (C=O) groups excluding carboxylic acids is 4. The zero-order valence-corrected chi connectivity index (χ0v) is 40.5. The van der Waals surface area contributed by atoms with Crippen LogP contribution in [0.15, 0.2) is 77.2 Å². The van der Waals surface area contributed by atoms with Crippen LogP contribution in [0.4, 0.5) is 4.39 Å². The van der Waals surface area contributed by atoms with Crippen LogP contribution in [-0.2, 0) is 25.6 Å². The molecule has 354 valence electrons. The lowest BCUT2D eigenvalue weighted by molar-refractivity contribution is -0.139. The molecule has 4 N–H and O–H groups in total. The number of aromatic nitrogens is 4. The number of thiophene rings is 1. The Balaban J connectivity index is 0.803. The summed E-state index contributed by atoms with van der Waals surface area (Å²) in [6.07, 6.45) is -0.740. The van der Waals surface area contributed by atoms with Crippen molar-refractivity contribution in [3.05, 3.63) is 133 Å². The number of rotatable bonds is 16. The van der Waals surface area contributed by atoms with Gasteiger partial charge in [0.2, 0.25) is 23.6 Å². The van der Waals surface area contributed by atoms with Crippen molar-refractivity contribution in [1.82, 2.24) is 40.6 Å². The zero-order chi connectivity index (χ0) is 48.2. The van der Waals surface area contributed by atoms with E-state index in [2.05, 4.69) is 45.0 Å². The number of benzene rings is 3. The number of aliphatic hydroxyl groups excluding tert-OH is 1. The fraction of sp³-hybridized carbons (Fsp3) is 0.347. The third-order valence-electron chi connectivity index (χ3n) is 12.1. The zero-order valence-electron chi connectivity index (χ0n) is 38.1. The van der Waals surface area contributed by atoms with Gasteiger partial charge >= 0.3 is 0 Å². The molecule has 6 aromatic rings. The van der Waals surface area contributed by atoms with Crippen molar-refractivity contribution in [3.8, 4) is 21.2 Å². The number of likely N-dealkylation sites (tertiary alicyclic amines) is 1. The van der Waals surface area contributed by atoms with Gasteiger partial charge < -0.3 is 30.7 Å². The third-order valence-corrected chi connectivity index (χ3v) is 14.5. The van der Waals surface area contributed by atoms with Crippen molar-refractivity contribution in [3.63, 3.8) is 0 Å². The van der Waals surface area contributed by atoms with E-state index in [-0.39, 0.29) is 69.6 Å². The molecule has 0 spiro atoms. The molecule has 2 aliphatic rings. The summed E-state index contributed by atoms with van der Waals surface area (Å²) in [5.74, 6) is -0.756. The van der Waals surface area contributed by atoms with Gasteiger partial charge in [0.25, 0.3) is 0 Å². The predicted molar refractivity (Wildman–Crippen MR) is 259 cm³/mol. The average molecular weight is 981 g/mol. The average Bonchev–Trinajstić information content (AvgIpc) is 4.08. The van der Waals surface area contributed by atoms with E-state index >= 15 is 0 Å². The standard InChI is InChI=1S/C49H51ClFN9O6S2/c1-26-29(4)68-49-44(26)45(33-11-13-35(50)14-12-33)56-39(47-58-57-30(5)60(47)49)22-42(63)52-16-17-66-38-19-31(18-36(51)20-38)6-15-41(62)53-23-43(64)59-24-37(61)21-40(59)48(65)55-27(2)32-7-9-34(10-8-32)46-28(3)54-25-67-46/h7-14,18-20,25,27,37,39-40,61H,6,15-17,21-24H2,1-5H3,(H,52,63)(H,53,62)(H,55,65)/t27-,37+,39-,40-/m0/s1. The second-order valence-corrected chi connectivity index (χ2v) is 19.4. The molecule has 4 amide bonds. The van der Waals surface area contributed by atoms with Crippen molar-refractivity contribution < 1.29 is 33.4 Å². The summed E-state index contributed by atoms with van der Waals surface area (Å²) in [6, 6.07) is 17.5. The Labute approximate surface area is 405 Å². The lowest BCUT2D eigenvalue weighted by Gasteiger charge is -2.25. The maximum atomic E-state index is 14.7. The molecule has 0 bridgehead atoms. The lowest BCUT2D eigenvalue weighted by atomic mass is 9.99. The van der Waals surface area contributed by atoms with Crippen molar-refractivity contribution in [2.45, 2.75) is 84.5 Å². The minimum absolute atomic E-state index is 0.0139. The van der Waals surface area contributed by atoms with Crippen LogP contribution in [0.25, 0.3) is 15.4 Å². The van der Waals surface area contributed by atoms with Gasteiger partial charge in [-0.1, -0.05) is 48.0 Å². The molecule has 3 aromatic heterocycles. The van der Waals surface area contributed by atoms with Crippen LogP contribution in [0, 0.1) is 33.5 Å². The highest BCUT2D eigenvalue weighted by Crippen LogP contribution is 2.40. The van der Waals surface area contributed by atoms with E-state index in [0.29, 0.717) is 22.2 Å². The molecule has 4 atom stereocenters. The molecule has 0 aliphatic carbocycles. The Kier molecular flexibility index (Phi) is 14.8. The van der Waals surface area contributed by atoms with Crippen LogP contribution >= 0.6 is 34.3 Å². The molecular formula is C49H51ClFN9O6S2. The van der Waals surface area contributed by atoms with Crippen molar-refractivity contribution >= 4 is 63.6 Å². The van der Waals surface area contributed by atoms with E-state index in [1.807, 2.05) is 73.9 Å². The Bertz CT molecular complexity index is 2880. The van der Waals surface area contributed by atoms with Gasteiger partial charge in [-0.05, 0) is 87.6 Å². The summed E-state index contributed by atoms with van der Waals surface area (Å²) >= 11 is 9.42. The molecule has 3 aromatic carbocycles. The second-order valence-electron chi connectivity index (χ2n) is 16.9. The number of hydrogen-bond acceptors (Lipinski definition) is 12. The molecule has 68 heavy (non-hydrogen) atoms. The Hall–Kier alpha value is -6.34. The number of nitrogens with zero attached hydrogens (tertiary/aromatic N) is 6. The Morgan fingerprint density at radius 1 is 0.971 bits per heavy atom. The number of fused-ring (bicyclic) bond motifs is 3. The topological polar surface area (TPSA) is 193 Å². The lowest BCUT2D eigenvalue weighted by Crippen LogP contribution is -2.49. The molecule has 15 nitrogen and oxygen atoms in total. The monoisotopic (exact) mass is 979 g/mol. The van der Waals surface area contributed by atoms with Gasteiger partial charge in [-0.25, -0.2) is 9.37 Å². The molecule has 1 saturated heterocycles. The van der Waals surface area contributed by atoms with Gasteiger partial charge in [-0.3, -0.25) is 28.7 Å². The second kappa shape index (κ2) is 20.9. The number of halogens is 2. The smallest absolute Gasteiger partial charge is 0.243 e. The number of ether oxygens (including phenoxy) is 1. The Morgan fingerprint density at radius 3 is 2.46 bits per heavy atom. The number of nitrogens with one attached hydrogen (secondary N) is 3. The van der Waals surface area contributed by atoms with Crippen LogP contribution in [0.3, 0.4) is 0 Å². The number of thiazole rings is 1. The first-order chi connectivity index (χ1) is 32.6. The maximum Gasteiger partial charge on any atom is 0.243 e. The highest BCUT2D eigenvalue weighted by molar-refractivity contribution is 7.15. The number of aliphatic hydroxyl groups is 1. The number of aliphatic imine (C=N–C) groups is 1. The summed E-state index contributed by atoms with van der Waals surface area (Å²) in [4.78, 5) is 65.9. The molecule has 0 radical (unpaired) electrons. The number of aryl methyl sites for hydroxylation is 4. The summed E-state index contributed by atoms with van der Waals surface area (Å²) in [5, 5.41) is 29.2. The van der Waals surface area contributed by atoms with Gasteiger partial charge in [-0.2, -0.15) is 0 Å². The molecule has 5 heterocycles. The maximum absolute atomic E-state index is 14.7. The van der Waals surface area contributed by atoms with Crippen molar-refractivity contribution in [2.75, 3.05) is 26.2 Å². The van der Waals surface area contributed by atoms with E-state index < -0.39 is 41.7 Å². The Morgan fingerprint density at radius 2 is 1.72 bits per heavy atom. The van der Waals surface area contributed by atoms with Gasteiger partial charge in [0.05, 0.1) is 53.4 Å². The van der Waals surface area contributed by atoms with Gasteiger partial charge in [0, 0.05) is 46.5 Å². The van der Waals surface area contributed by atoms with E-state index in [0.717, 1.165) is 54.0 Å². The quantitative estimate of drug-likeness (QED) is 0.0752. The molecule has 19 heteroatoms. The normalized spacial score (nSPS) is 16.9. The van der Waals surface area contributed by atoms with Crippen LogP contribution in [0.5, 0.6) is 5.75 Å². The van der Waals surface area contributed by atoms with Gasteiger partial charge in [0.1, 0.15) is 41.1 Å². The highest BCUT2D eigenvalue weighted by Gasteiger charge is 2.39. The van der Waals surface area contributed by atoms with Gasteiger partial charge in [0.15, 0.2) is 5.82 Å². The molecule has 2 aliphatic heterocycles. The van der Waals surface area contributed by atoms with E-state index in [1.54, 1.807) is 34.3 Å². The van der Waals surface area contributed by atoms with E-state index in [9.17, 15) is 28.7 Å². The van der Waals surface area contributed by atoms with Crippen LogP contribution < -0.4 is 20.7 Å². The van der Waals surface area contributed by atoms with Crippen LogP contribution in [0.1, 0.15) is 88.3 Å². The number of amides is 4. The van der Waals surface area contributed by atoms with Crippen LogP contribution in [0.2, 0.25) is 5.02 Å². The summed E-state index contributed by atoms with van der Waals surface area (Å²) in [6.45, 7) is 9.54. The fourth-order valence-electron chi connectivity index (χ4n) is 8.44. The summed E-state index contributed by atoms with van der Waals surface area (Å²) < 4.78 is 22.5. The van der Waals surface area contributed by atoms with Crippen molar-refractivity contribution in [1.29, 1.82) is 0 Å². The fourth-order valence-corrected chi connectivity index (χ4v) is 10.6. The first-order valence-electron chi connectivity index (χ1n) is 22.2. The summed E-state index contributed by atoms with van der Waals surface area (Å²) in [5.41, 5.74) is 8.79. The minimum atomic E-state index is -0.907. The van der Waals surface area contributed by atoms with E-state index in [4.69, 9.17) is 21.3 Å². The third kappa shape index (κ3) is 10.8. The van der Waals surface area contributed by atoms with Crippen molar-refractivity contribution in [2.24, 2.45) is 4.99 Å². The molecule has 0 unspecified atom stereocenters. The first-order valence-corrected chi connectivity index (χ1v) is 24.3. The molecule has 8 rings (SSSR count). The summed E-state index contributed by atoms with van der Waals surface area (Å²) in [7, 11) is 0. The van der Waals surface area contributed by atoms with E-state index in [1.165, 1.54) is 17.0 Å². The van der Waals surface area contributed by atoms with Crippen LogP contribution in [-0.4, -0.2) is 97.5 Å². The molecule has 1 fully saturated rings. The SMILES string of the molecule is Cc1ncsc1-c1ccc([C@H](C)NC(=O)[C@@H]2C[C@@H](O)CN2C(=O)CNC(=O)CCc2cc(F)cc(OCCNC(=O)C[C@@H]3N=C(c4ccc(Cl)cc4)c4c(sc(C)c4C)-n4c(C)nnc43)c2)cc1.